The predicted octanol–water partition coefficient (Wildman–Crippen LogP) is 5.24. The lowest BCUT2D eigenvalue weighted by Gasteiger charge is -1.97. The predicted molar refractivity (Wildman–Crippen MR) is 103 cm³/mol. The first kappa shape index (κ1) is 20.4. The van der Waals surface area contributed by atoms with Crippen molar-refractivity contribution in [3.05, 3.63) is 36.4 Å². The highest BCUT2D eigenvalue weighted by atomic mass is 16.6. The van der Waals surface area contributed by atoms with E-state index in [4.69, 9.17) is 14.2 Å². The van der Waals surface area contributed by atoms with Crippen molar-refractivity contribution in [2.45, 2.75) is 70.5 Å². The lowest BCUT2D eigenvalue weighted by Crippen LogP contribution is -2.06. The van der Waals surface area contributed by atoms with Crippen LogP contribution in [-0.2, 0) is 14.2 Å². The van der Waals surface area contributed by atoms with Gasteiger partial charge in [0.05, 0.1) is 26.4 Å². The van der Waals surface area contributed by atoms with Crippen molar-refractivity contribution in [3.8, 4) is 0 Å². The molecule has 2 atom stereocenters. The fraction of sp³-hybridized carbons (Fsp3) is 0.727. The average Bonchev–Trinajstić information content (AvgIpc) is 3.48. The fourth-order valence-electron chi connectivity index (χ4n) is 2.49. The molecule has 3 aliphatic rings. The Balaban J connectivity index is 0.000000139. The quantitative estimate of drug-likeness (QED) is 0.428. The molecule has 142 valence electrons. The third-order valence-electron chi connectivity index (χ3n) is 4.49. The molecule has 2 saturated heterocycles. The van der Waals surface area contributed by atoms with Gasteiger partial charge in [0.25, 0.3) is 0 Å². The minimum absolute atomic E-state index is 0.392. The molecule has 0 bridgehead atoms. The number of epoxide rings is 2. The van der Waals surface area contributed by atoms with Crippen molar-refractivity contribution in [2.24, 2.45) is 5.92 Å². The van der Waals surface area contributed by atoms with E-state index in [1.54, 1.807) is 0 Å². The Morgan fingerprint density at radius 2 is 1.24 bits per heavy atom. The van der Waals surface area contributed by atoms with Crippen LogP contribution < -0.4 is 0 Å². The molecule has 3 fully saturated rings. The molecular weight excluding hydrogens is 312 g/mol. The summed E-state index contributed by atoms with van der Waals surface area (Å²) in [5.74, 6) is 1.15. The zero-order valence-corrected chi connectivity index (χ0v) is 15.9. The largest absolute Gasteiger partial charge is 0.376 e. The summed E-state index contributed by atoms with van der Waals surface area (Å²) in [6, 6.07) is 12.0. The maximum absolute atomic E-state index is 5.23. The van der Waals surface area contributed by atoms with Gasteiger partial charge in [0.1, 0.15) is 12.2 Å². The zero-order valence-electron chi connectivity index (χ0n) is 15.9. The molecule has 0 amide bonds. The molecule has 2 unspecified atom stereocenters. The second kappa shape index (κ2) is 13.3. The monoisotopic (exact) mass is 348 g/mol. The molecular formula is C22H36O3. The Bertz CT molecular complexity index is 358. The Kier molecular flexibility index (Phi) is 10.9. The first-order valence-corrected chi connectivity index (χ1v) is 10.2. The van der Waals surface area contributed by atoms with Gasteiger partial charge in [0.15, 0.2) is 0 Å². The number of hydrogen-bond acceptors (Lipinski definition) is 3. The molecule has 1 aromatic rings. The van der Waals surface area contributed by atoms with Gasteiger partial charge in [-0.05, 0) is 5.92 Å². The summed E-state index contributed by atoms with van der Waals surface area (Å²) < 4.78 is 15.1. The molecule has 3 nitrogen and oxygen atoms in total. The van der Waals surface area contributed by atoms with Crippen LogP contribution in [0.5, 0.6) is 0 Å². The van der Waals surface area contributed by atoms with Gasteiger partial charge < -0.3 is 14.2 Å². The zero-order chi connectivity index (χ0) is 17.6. The van der Waals surface area contributed by atoms with Gasteiger partial charge in [-0.1, -0.05) is 94.7 Å². The Hall–Kier alpha value is -0.900. The Labute approximate surface area is 154 Å². The van der Waals surface area contributed by atoms with E-state index in [2.05, 4.69) is 6.92 Å². The van der Waals surface area contributed by atoms with Crippen LogP contribution in [0.3, 0.4) is 0 Å². The molecule has 0 aromatic heterocycles. The fourth-order valence-corrected chi connectivity index (χ4v) is 2.49. The second-order valence-corrected chi connectivity index (χ2v) is 7.25. The summed E-state index contributed by atoms with van der Waals surface area (Å²) in [5.41, 5.74) is 0. The Morgan fingerprint density at radius 1 is 0.760 bits per heavy atom. The van der Waals surface area contributed by atoms with Crippen LogP contribution in [0.1, 0.15) is 58.3 Å². The molecule has 3 heteroatoms. The molecule has 0 radical (unpaired) electrons. The molecule has 2 heterocycles. The summed E-state index contributed by atoms with van der Waals surface area (Å²) in [5, 5.41) is 0. The van der Waals surface area contributed by atoms with Gasteiger partial charge in [-0.25, -0.2) is 0 Å². The van der Waals surface area contributed by atoms with E-state index in [-0.39, 0.29) is 0 Å². The van der Waals surface area contributed by atoms with Crippen molar-refractivity contribution in [3.63, 3.8) is 0 Å². The molecule has 0 spiro atoms. The van der Waals surface area contributed by atoms with Gasteiger partial charge >= 0.3 is 0 Å². The van der Waals surface area contributed by atoms with Crippen LogP contribution in [0.15, 0.2) is 36.4 Å². The normalized spacial score (nSPS) is 22.9. The summed E-state index contributed by atoms with van der Waals surface area (Å²) in [4.78, 5) is 0. The lowest BCUT2D eigenvalue weighted by molar-refractivity contribution is 0.102. The molecule has 1 aromatic carbocycles. The van der Waals surface area contributed by atoms with E-state index in [9.17, 15) is 0 Å². The van der Waals surface area contributed by atoms with Crippen molar-refractivity contribution in [1.29, 1.82) is 0 Å². The molecule has 0 N–H and O–H groups in total. The van der Waals surface area contributed by atoms with Gasteiger partial charge in [-0.2, -0.15) is 0 Å². The van der Waals surface area contributed by atoms with Gasteiger partial charge in [-0.3, -0.25) is 0 Å². The number of benzene rings is 1. The molecule has 1 saturated carbocycles. The lowest BCUT2D eigenvalue weighted by atomic mass is 10.1. The van der Waals surface area contributed by atoms with E-state index in [1.807, 2.05) is 36.4 Å². The van der Waals surface area contributed by atoms with Crippen molar-refractivity contribution in [1.82, 2.24) is 0 Å². The molecule has 2 aliphatic heterocycles. The summed E-state index contributed by atoms with van der Waals surface area (Å²) in [6.07, 6.45) is 12.7. The van der Waals surface area contributed by atoms with Crippen LogP contribution in [-0.4, -0.2) is 38.6 Å². The molecule has 4 rings (SSSR count). The first-order valence-electron chi connectivity index (χ1n) is 10.2. The van der Waals surface area contributed by atoms with Gasteiger partial charge in [-0.15, -0.1) is 0 Å². The summed E-state index contributed by atoms with van der Waals surface area (Å²) in [6.45, 7) is 5.54. The van der Waals surface area contributed by atoms with Crippen LogP contribution in [0.2, 0.25) is 0 Å². The average molecular weight is 349 g/mol. The molecule has 25 heavy (non-hydrogen) atoms. The van der Waals surface area contributed by atoms with E-state index in [0.29, 0.717) is 12.2 Å². The van der Waals surface area contributed by atoms with Crippen LogP contribution in [0.25, 0.3) is 0 Å². The molecule has 1 aliphatic carbocycles. The minimum Gasteiger partial charge on any atom is -0.376 e. The summed E-state index contributed by atoms with van der Waals surface area (Å²) in [7, 11) is 0. The minimum atomic E-state index is 0.392. The van der Waals surface area contributed by atoms with E-state index >= 15 is 0 Å². The smallest absolute Gasteiger partial charge is 0.104 e. The number of hydrogen-bond donors (Lipinski definition) is 0. The standard InChI is InChI=1S/C10H20.C6H10O3.C6H6/c1-2-3-4-5-6-7-10-8-9-10;1(5-3-8-5)7-2-6-4-9-6;1-2-4-6-5-3-1/h10H,2-9H2,1H3;5-6H,1-4H2;1-6H. The highest BCUT2D eigenvalue weighted by molar-refractivity contribution is 4.99. The van der Waals surface area contributed by atoms with Crippen LogP contribution in [0.4, 0.5) is 0 Å². The van der Waals surface area contributed by atoms with Crippen molar-refractivity contribution >= 4 is 0 Å². The summed E-state index contributed by atoms with van der Waals surface area (Å²) >= 11 is 0. The van der Waals surface area contributed by atoms with Crippen molar-refractivity contribution in [2.75, 3.05) is 26.4 Å². The highest BCUT2D eigenvalue weighted by Gasteiger charge is 2.26. The second-order valence-electron chi connectivity index (χ2n) is 7.25. The SMILES string of the molecule is C(OCC1CO1)C1CO1.CCCCCCCC1CC1.c1ccccc1. The van der Waals surface area contributed by atoms with E-state index in [1.165, 1.54) is 51.4 Å². The Morgan fingerprint density at radius 3 is 1.64 bits per heavy atom. The van der Waals surface area contributed by atoms with Crippen LogP contribution >= 0.6 is 0 Å². The topological polar surface area (TPSA) is 34.3 Å². The number of rotatable bonds is 10. The van der Waals surface area contributed by atoms with Crippen molar-refractivity contribution < 1.29 is 14.2 Å². The number of ether oxygens (including phenoxy) is 3. The third kappa shape index (κ3) is 14.0. The maximum atomic E-state index is 5.23. The first-order chi connectivity index (χ1) is 12.4. The maximum Gasteiger partial charge on any atom is 0.104 e. The third-order valence-corrected chi connectivity index (χ3v) is 4.49. The van der Waals surface area contributed by atoms with Crippen LogP contribution in [0, 0.1) is 5.92 Å². The van der Waals surface area contributed by atoms with E-state index < -0.39 is 0 Å². The van der Waals surface area contributed by atoms with Gasteiger partial charge in [0, 0.05) is 0 Å². The van der Waals surface area contributed by atoms with Gasteiger partial charge in [0.2, 0.25) is 0 Å². The highest BCUT2D eigenvalue weighted by Crippen LogP contribution is 2.34. The van der Waals surface area contributed by atoms with E-state index in [0.717, 1.165) is 32.3 Å². The number of unbranched alkanes of at least 4 members (excludes halogenated alkanes) is 4.